The minimum absolute atomic E-state index is 0.000464. The van der Waals surface area contributed by atoms with E-state index < -0.39 is 4.92 Å². The van der Waals surface area contributed by atoms with Crippen molar-refractivity contribution >= 4 is 11.4 Å². The number of allylic oxidation sites excluding steroid dienone is 2. The van der Waals surface area contributed by atoms with Crippen molar-refractivity contribution in [2.75, 3.05) is 19.5 Å². The van der Waals surface area contributed by atoms with Crippen molar-refractivity contribution in [1.29, 1.82) is 0 Å². The molecular formula is C20H20N2O4. The molecule has 0 bridgehead atoms. The van der Waals surface area contributed by atoms with Gasteiger partial charge in [0.25, 0.3) is 0 Å². The number of benzene rings is 2. The fourth-order valence-electron chi connectivity index (χ4n) is 4.07. The maximum absolute atomic E-state index is 11.4. The van der Waals surface area contributed by atoms with Gasteiger partial charge in [0.2, 0.25) is 0 Å². The lowest BCUT2D eigenvalue weighted by atomic mass is 9.77. The molecular weight excluding hydrogens is 332 g/mol. The summed E-state index contributed by atoms with van der Waals surface area (Å²) in [5.41, 5.74) is 3.15. The quantitative estimate of drug-likeness (QED) is 0.500. The van der Waals surface area contributed by atoms with Crippen molar-refractivity contribution in [3.8, 4) is 11.5 Å². The third-order valence-corrected chi connectivity index (χ3v) is 5.33. The maximum Gasteiger partial charge on any atom is 0.311 e. The second-order valence-corrected chi connectivity index (χ2v) is 6.62. The molecule has 0 saturated heterocycles. The summed E-state index contributed by atoms with van der Waals surface area (Å²) >= 11 is 0. The van der Waals surface area contributed by atoms with Gasteiger partial charge in [0.15, 0.2) is 5.75 Å². The Bertz CT molecular complexity index is 893. The van der Waals surface area contributed by atoms with Crippen LogP contribution in [0.15, 0.2) is 48.6 Å². The van der Waals surface area contributed by atoms with E-state index in [0.717, 1.165) is 23.4 Å². The lowest BCUT2D eigenvalue weighted by molar-refractivity contribution is -0.385. The zero-order valence-corrected chi connectivity index (χ0v) is 14.6. The molecule has 26 heavy (non-hydrogen) atoms. The van der Waals surface area contributed by atoms with Crippen LogP contribution >= 0.6 is 0 Å². The highest BCUT2D eigenvalue weighted by atomic mass is 16.6. The monoisotopic (exact) mass is 352 g/mol. The van der Waals surface area contributed by atoms with Crippen LogP contribution < -0.4 is 14.8 Å². The van der Waals surface area contributed by atoms with Crippen LogP contribution in [0.2, 0.25) is 0 Å². The first-order chi connectivity index (χ1) is 12.6. The number of nitrogens with one attached hydrogen (secondary N) is 1. The number of nitrogens with zero attached hydrogens (tertiary/aromatic N) is 1. The van der Waals surface area contributed by atoms with Gasteiger partial charge in [0, 0.05) is 17.7 Å². The summed E-state index contributed by atoms with van der Waals surface area (Å²) in [4.78, 5) is 11.0. The van der Waals surface area contributed by atoms with Crippen molar-refractivity contribution in [3.05, 3.63) is 69.8 Å². The van der Waals surface area contributed by atoms with Crippen molar-refractivity contribution in [1.82, 2.24) is 0 Å². The van der Waals surface area contributed by atoms with Gasteiger partial charge in [-0.05, 0) is 47.7 Å². The summed E-state index contributed by atoms with van der Waals surface area (Å²) in [6, 6.07) is 11.2. The Morgan fingerprint density at radius 2 is 2.00 bits per heavy atom. The van der Waals surface area contributed by atoms with Gasteiger partial charge in [-0.2, -0.15) is 0 Å². The lowest BCUT2D eigenvalue weighted by Crippen LogP contribution is -2.29. The summed E-state index contributed by atoms with van der Waals surface area (Å²) in [7, 11) is 3.11. The molecule has 1 aliphatic carbocycles. The molecule has 1 heterocycles. The van der Waals surface area contributed by atoms with Crippen molar-refractivity contribution in [2.45, 2.75) is 18.4 Å². The van der Waals surface area contributed by atoms with Crippen molar-refractivity contribution in [3.63, 3.8) is 0 Å². The molecule has 0 spiro atoms. The van der Waals surface area contributed by atoms with Gasteiger partial charge in [-0.1, -0.05) is 18.2 Å². The molecule has 0 aromatic heterocycles. The Morgan fingerprint density at radius 1 is 1.15 bits per heavy atom. The second kappa shape index (κ2) is 6.37. The number of rotatable bonds is 4. The van der Waals surface area contributed by atoms with Gasteiger partial charge < -0.3 is 14.8 Å². The predicted octanol–water partition coefficient (Wildman–Crippen LogP) is 4.44. The fraction of sp³-hybridized carbons (Fsp3) is 0.300. The highest BCUT2D eigenvalue weighted by molar-refractivity contribution is 5.62. The Labute approximate surface area is 151 Å². The molecule has 0 fully saturated rings. The number of methoxy groups -OCH3 is 2. The van der Waals surface area contributed by atoms with Crippen molar-refractivity contribution in [2.24, 2.45) is 5.92 Å². The number of hydrogen-bond acceptors (Lipinski definition) is 5. The van der Waals surface area contributed by atoms with Gasteiger partial charge in [-0.25, -0.2) is 0 Å². The smallest absolute Gasteiger partial charge is 0.311 e. The standard InChI is InChI=1S/C20H20N2O4/c1-25-13-7-8-17-16(11-13)14-4-3-5-15(14)20(21-17)12-6-9-19(26-2)18(10-12)22(23)24/h3-4,6-11,14-15,20-21H,5H2,1-2H3/t14-,15+,20+/m1/s1. The number of ether oxygens (including phenoxy) is 2. The van der Waals surface area contributed by atoms with E-state index in [1.54, 1.807) is 19.2 Å². The van der Waals surface area contributed by atoms with Crippen LogP contribution in [0.25, 0.3) is 0 Å². The molecule has 1 aliphatic heterocycles. The molecule has 2 aliphatic rings. The molecule has 4 rings (SSSR count). The molecule has 2 aromatic carbocycles. The SMILES string of the molecule is COc1ccc2c(c1)[C@@H]1C=CC[C@@H]1[C@H](c1ccc(OC)c([N+](=O)[O-])c1)N2. The first-order valence-electron chi connectivity index (χ1n) is 8.56. The van der Waals surface area contributed by atoms with Crippen LogP contribution in [0.3, 0.4) is 0 Å². The zero-order valence-electron chi connectivity index (χ0n) is 14.6. The number of nitro groups is 1. The largest absolute Gasteiger partial charge is 0.497 e. The van der Waals surface area contributed by atoms with E-state index in [9.17, 15) is 10.1 Å². The van der Waals surface area contributed by atoms with Gasteiger partial charge in [-0.3, -0.25) is 10.1 Å². The molecule has 0 unspecified atom stereocenters. The first-order valence-corrected chi connectivity index (χ1v) is 8.56. The molecule has 134 valence electrons. The van der Waals surface area contributed by atoms with Crippen LogP contribution in [0.5, 0.6) is 11.5 Å². The molecule has 0 radical (unpaired) electrons. The van der Waals surface area contributed by atoms with Gasteiger partial charge in [0.05, 0.1) is 25.2 Å². The molecule has 1 N–H and O–H groups in total. The summed E-state index contributed by atoms with van der Waals surface area (Å²) in [5.74, 6) is 1.69. The van der Waals surface area contributed by atoms with Crippen LogP contribution in [0, 0.1) is 16.0 Å². The summed E-state index contributed by atoms with van der Waals surface area (Å²) < 4.78 is 10.5. The average Bonchev–Trinajstić information content (AvgIpc) is 3.16. The fourth-order valence-corrected chi connectivity index (χ4v) is 4.07. The lowest BCUT2D eigenvalue weighted by Gasteiger charge is -2.37. The Hall–Kier alpha value is -3.02. The first kappa shape index (κ1) is 16.4. The van der Waals surface area contributed by atoms with Crippen LogP contribution in [0.4, 0.5) is 11.4 Å². The topological polar surface area (TPSA) is 73.6 Å². The second-order valence-electron chi connectivity index (χ2n) is 6.62. The highest BCUT2D eigenvalue weighted by Crippen LogP contribution is 2.51. The van der Waals surface area contributed by atoms with Crippen LogP contribution in [-0.4, -0.2) is 19.1 Å². The zero-order chi connectivity index (χ0) is 18.3. The third kappa shape index (κ3) is 2.58. The molecule has 2 aromatic rings. The summed E-state index contributed by atoms with van der Waals surface area (Å²) in [6.07, 6.45) is 5.35. The Balaban J connectivity index is 1.76. The van der Waals surface area contributed by atoms with E-state index >= 15 is 0 Å². The predicted molar refractivity (Wildman–Crippen MR) is 99.0 cm³/mol. The number of nitro benzene ring substituents is 1. The molecule has 6 heteroatoms. The van der Waals surface area contributed by atoms with E-state index in [2.05, 4.69) is 23.5 Å². The number of hydrogen-bond donors (Lipinski definition) is 1. The van der Waals surface area contributed by atoms with Crippen LogP contribution in [-0.2, 0) is 0 Å². The number of anilines is 1. The van der Waals surface area contributed by atoms with Gasteiger partial charge in [0.1, 0.15) is 5.75 Å². The van der Waals surface area contributed by atoms with Gasteiger partial charge >= 0.3 is 5.69 Å². The molecule has 6 nitrogen and oxygen atoms in total. The summed E-state index contributed by atoms with van der Waals surface area (Å²) in [5, 5.41) is 15.0. The minimum Gasteiger partial charge on any atom is -0.497 e. The maximum atomic E-state index is 11.4. The molecule has 0 saturated carbocycles. The highest BCUT2D eigenvalue weighted by Gasteiger charge is 2.38. The van der Waals surface area contributed by atoms with E-state index in [1.165, 1.54) is 12.7 Å². The Morgan fingerprint density at radius 3 is 2.73 bits per heavy atom. The van der Waals surface area contributed by atoms with Crippen LogP contribution in [0.1, 0.15) is 29.5 Å². The number of fused-ring (bicyclic) bond motifs is 3. The van der Waals surface area contributed by atoms with E-state index in [1.807, 2.05) is 18.2 Å². The Kier molecular flexibility index (Phi) is 4.03. The molecule has 3 atom stereocenters. The van der Waals surface area contributed by atoms with E-state index in [0.29, 0.717) is 5.92 Å². The third-order valence-electron chi connectivity index (χ3n) is 5.33. The minimum atomic E-state index is -0.394. The normalized spacial score (nSPS) is 22.9. The summed E-state index contributed by atoms with van der Waals surface area (Å²) in [6.45, 7) is 0. The molecule has 0 amide bonds. The van der Waals surface area contributed by atoms with Gasteiger partial charge in [-0.15, -0.1) is 0 Å². The van der Waals surface area contributed by atoms with Crippen molar-refractivity contribution < 1.29 is 14.4 Å². The van der Waals surface area contributed by atoms with E-state index in [-0.39, 0.29) is 23.4 Å². The van der Waals surface area contributed by atoms with E-state index in [4.69, 9.17) is 9.47 Å². The average molecular weight is 352 g/mol.